The minimum absolute atomic E-state index is 0.0116. The second kappa shape index (κ2) is 8.90. The summed E-state index contributed by atoms with van der Waals surface area (Å²) in [5, 5.41) is 16.5. The van der Waals surface area contributed by atoms with Crippen LogP contribution >= 0.6 is 23.2 Å². The lowest BCUT2D eigenvalue weighted by Gasteiger charge is -2.16. The Morgan fingerprint density at radius 2 is 1.93 bits per heavy atom. The summed E-state index contributed by atoms with van der Waals surface area (Å²) >= 11 is 12.9. The van der Waals surface area contributed by atoms with Crippen LogP contribution in [-0.2, 0) is 4.79 Å². The third kappa shape index (κ3) is 4.60. The highest BCUT2D eigenvalue weighted by molar-refractivity contribution is 6.39. The van der Waals surface area contributed by atoms with Crippen molar-refractivity contribution in [2.24, 2.45) is 0 Å². The first-order chi connectivity index (χ1) is 12.8. The summed E-state index contributed by atoms with van der Waals surface area (Å²) < 4.78 is 5.19. The molecule has 6 nitrogen and oxygen atoms in total. The van der Waals surface area contributed by atoms with Crippen molar-refractivity contribution < 1.29 is 14.5 Å². The number of anilines is 1. The molecule has 0 unspecified atom stereocenters. The largest absolute Gasteiger partial charge is 0.361 e. The molecular formula is C19H19Cl2N3O3. The molecule has 0 spiro atoms. The number of hydrogen-bond acceptors (Lipinski definition) is 5. The molecule has 0 bridgehead atoms. The lowest BCUT2D eigenvalue weighted by atomic mass is 10.0. The number of carbonyl (C=O) groups is 1. The van der Waals surface area contributed by atoms with E-state index in [1.165, 1.54) is 0 Å². The van der Waals surface area contributed by atoms with Gasteiger partial charge in [0.1, 0.15) is 5.76 Å². The van der Waals surface area contributed by atoms with Crippen molar-refractivity contribution in [2.75, 3.05) is 5.32 Å². The van der Waals surface area contributed by atoms with Gasteiger partial charge in [0, 0.05) is 5.56 Å². The molecular weight excluding hydrogens is 389 g/mol. The number of nitrogens with zero attached hydrogens (tertiary/aromatic N) is 1. The molecule has 3 N–H and O–H groups in total. The van der Waals surface area contributed by atoms with E-state index in [9.17, 15) is 4.79 Å². The van der Waals surface area contributed by atoms with Crippen molar-refractivity contribution >= 4 is 34.8 Å². The van der Waals surface area contributed by atoms with Crippen molar-refractivity contribution in [3.05, 3.63) is 69.7 Å². The first-order valence-corrected chi connectivity index (χ1v) is 8.71. The van der Waals surface area contributed by atoms with Crippen molar-refractivity contribution in [1.29, 1.82) is 0 Å². The van der Waals surface area contributed by atoms with E-state index in [1.807, 2.05) is 13.8 Å². The van der Waals surface area contributed by atoms with Crippen LogP contribution < -0.4 is 10.8 Å². The quantitative estimate of drug-likeness (QED) is 0.265. The van der Waals surface area contributed by atoms with Gasteiger partial charge in [0.25, 0.3) is 5.91 Å². The average Bonchev–Trinajstić information content (AvgIpc) is 2.97. The zero-order valence-electron chi connectivity index (χ0n) is 15.1. The summed E-state index contributed by atoms with van der Waals surface area (Å²) in [5.74, 6) is -0.0974. The Morgan fingerprint density at radius 1 is 1.30 bits per heavy atom. The van der Waals surface area contributed by atoms with Gasteiger partial charge in [-0.3, -0.25) is 10.0 Å². The van der Waals surface area contributed by atoms with Gasteiger partial charge in [-0.05, 0) is 44.5 Å². The second-order valence-electron chi connectivity index (χ2n) is 5.66. The van der Waals surface area contributed by atoms with Crippen LogP contribution in [0.1, 0.15) is 18.4 Å². The highest BCUT2D eigenvalue weighted by Gasteiger charge is 2.18. The van der Waals surface area contributed by atoms with Gasteiger partial charge in [0.2, 0.25) is 0 Å². The van der Waals surface area contributed by atoms with Gasteiger partial charge in [0.15, 0.2) is 0 Å². The monoisotopic (exact) mass is 407 g/mol. The number of aryl methyl sites for hydroxylation is 2. The minimum atomic E-state index is -0.752. The van der Waals surface area contributed by atoms with Crippen LogP contribution in [0, 0.1) is 13.8 Å². The standard InChI is InChI=1S/C19H19Cl2N3O3/c1-5-6-7-16(10(2)19(25)23-26)22-18-14(20)8-13(9-15(18)21)17-11(3)24-27-12(17)4/h5-9,22,26H,2H2,1,3-4H3,(H,23,25)/b6-5-,16-7+. The summed E-state index contributed by atoms with van der Waals surface area (Å²) in [6.45, 7) is 9.13. The van der Waals surface area contributed by atoms with E-state index in [2.05, 4.69) is 17.1 Å². The topological polar surface area (TPSA) is 87.4 Å². The molecule has 2 rings (SSSR count). The molecule has 8 heteroatoms. The Balaban J connectivity index is 2.46. The molecule has 1 heterocycles. The number of carbonyl (C=O) groups excluding carboxylic acids is 1. The highest BCUT2D eigenvalue weighted by atomic mass is 35.5. The van der Waals surface area contributed by atoms with Crippen LogP contribution in [0.3, 0.4) is 0 Å². The van der Waals surface area contributed by atoms with E-state index in [0.29, 0.717) is 27.2 Å². The summed E-state index contributed by atoms with van der Waals surface area (Å²) in [7, 11) is 0. The number of benzene rings is 1. The zero-order chi connectivity index (χ0) is 20.1. The van der Waals surface area contributed by atoms with Crippen LogP contribution in [0.25, 0.3) is 11.1 Å². The van der Waals surface area contributed by atoms with E-state index < -0.39 is 5.91 Å². The first kappa shape index (κ1) is 20.8. The van der Waals surface area contributed by atoms with Gasteiger partial charge in [0.05, 0.1) is 32.7 Å². The fourth-order valence-electron chi connectivity index (χ4n) is 2.47. The van der Waals surface area contributed by atoms with Crippen molar-refractivity contribution in [2.45, 2.75) is 20.8 Å². The molecule has 0 atom stereocenters. The molecule has 142 valence electrons. The molecule has 0 saturated carbocycles. The molecule has 1 aromatic carbocycles. The van der Waals surface area contributed by atoms with Gasteiger partial charge >= 0.3 is 0 Å². The Morgan fingerprint density at radius 3 is 2.41 bits per heavy atom. The average molecular weight is 408 g/mol. The van der Waals surface area contributed by atoms with Crippen LogP contribution in [0.15, 0.2) is 52.7 Å². The second-order valence-corrected chi connectivity index (χ2v) is 6.48. The van der Waals surface area contributed by atoms with Crippen molar-refractivity contribution in [1.82, 2.24) is 10.6 Å². The molecule has 2 aromatic rings. The maximum atomic E-state index is 11.7. The van der Waals surface area contributed by atoms with E-state index in [4.69, 9.17) is 32.9 Å². The fraction of sp³-hybridized carbons (Fsp3) is 0.158. The van der Waals surface area contributed by atoms with Gasteiger partial charge in [-0.1, -0.05) is 47.1 Å². The van der Waals surface area contributed by atoms with Crippen molar-refractivity contribution in [3.63, 3.8) is 0 Å². The smallest absolute Gasteiger partial charge is 0.276 e. The number of aromatic nitrogens is 1. The maximum absolute atomic E-state index is 11.7. The molecule has 0 fully saturated rings. The van der Waals surface area contributed by atoms with Gasteiger partial charge < -0.3 is 9.84 Å². The molecule has 0 aliphatic heterocycles. The predicted molar refractivity (Wildman–Crippen MR) is 107 cm³/mol. The summed E-state index contributed by atoms with van der Waals surface area (Å²) in [6.07, 6.45) is 5.10. The first-order valence-electron chi connectivity index (χ1n) is 7.96. The number of halogens is 2. The lowest BCUT2D eigenvalue weighted by molar-refractivity contribution is -0.124. The zero-order valence-corrected chi connectivity index (χ0v) is 16.6. The van der Waals surface area contributed by atoms with Crippen molar-refractivity contribution in [3.8, 4) is 11.1 Å². The third-order valence-corrected chi connectivity index (χ3v) is 4.38. The Kier molecular flexibility index (Phi) is 6.85. The lowest BCUT2D eigenvalue weighted by Crippen LogP contribution is -2.23. The summed E-state index contributed by atoms with van der Waals surface area (Å²) in [4.78, 5) is 11.7. The highest BCUT2D eigenvalue weighted by Crippen LogP contribution is 2.38. The minimum Gasteiger partial charge on any atom is -0.361 e. The molecule has 0 radical (unpaired) electrons. The number of hydroxylamine groups is 1. The predicted octanol–water partition coefficient (Wildman–Crippen LogP) is 5.20. The maximum Gasteiger partial charge on any atom is 0.276 e. The SMILES string of the molecule is C=C(C(=O)NO)/C(=C\C=C/C)Nc1c(Cl)cc(-c2c(C)noc2C)cc1Cl. The Labute approximate surface area is 167 Å². The van der Waals surface area contributed by atoms with E-state index in [1.54, 1.807) is 42.8 Å². The summed E-state index contributed by atoms with van der Waals surface area (Å²) in [5.41, 5.74) is 4.59. The van der Waals surface area contributed by atoms with E-state index in [0.717, 1.165) is 16.8 Å². The van der Waals surface area contributed by atoms with Gasteiger partial charge in [-0.15, -0.1) is 0 Å². The fourth-order valence-corrected chi connectivity index (χ4v) is 3.05. The number of rotatable bonds is 6. The molecule has 0 saturated heterocycles. The van der Waals surface area contributed by atoms with Crippen LogP contribution in [-0.4, -0.2) is 16.3 Å². The van der Waals surface area contributed by atoms with Crippen LogP contribution in [0.5, 0.6) is 0 Å². The number of nitrogens with one attached hydrogen (secondary N) is 2. The molecule has 27 heavy (non-hydrogen) atoms. The summed E-state index contributed by atoms with van der Waals surface area (Å²) in [6, 6.07) is 3.45. The van der Waals surface area contributed by atoms with Gasteiger partial charge in [-0.2, -0.15) is 0 Å². The Bertz CT molecular complexity index is 903. The molecule has 0 aliphatic carbocycles. The molecule has 1 amide bonds. The van der Waals surface area contributed by atoms with Crippen LogP contribution in [0.4, 0.5) is 5.69 Å². The van der Waals surface area contributed by atoms with Gasteiger partial charge in [-0.25, -0.2) is 5.48 Å². The number of allylic oxidation sites excluding steroid dienone is 3. The van der Waals surface area contributed by atoms with E-state index >= 15 is 0 Å². The number of hydrogen-bond donors (Lipinski definition) is 3. The molecule has 1 aromatic heterocycles. The number of amides is 1. The van der Waals surface area contributed by atoms with E-state index in [-0.39, 0.29) is 5.57 Å². The normalized spacial score (nSPS) is 11.7. The van der Waals surface area contributed by atoms with Crippen LogP contribution in [0.2, 0.25) is 10.0 Å². The molecule has 0 aliphatic rings. The Hall–Kier alpha value is -2.54. The third-order valence-electron chi connectivity index (χ3n) is 3.78.